The molecule has 5 rings (SSSR count). The molecule has 10 heteroatoms. The first-order valence-electron chi connectivity index (χ1n) is 10.1. The van der Waals surface area contributed by atoms with E-state index in [1.54, 1.807) is 42.5 Å². The minimum Gasteiger partial charge on any atom is -0.454 e. The minimum atomic E-state index is -3.87. The van der Waals surface area contributed by atoms with E-state index in [1.165, 1.54) is 0 Å². The summed E-state index contributed by atoms with van der Waals surface area (Å²) in [5.41, 5.74) is 2.09. The van der Waals surface area contributed by atoms with E-state index in [9.17, 15) is 13.2 Å². The molecule has 0 aliphatic carbocycles. The predicted octanol–water partition coefficient (Wildman–Crippen LogP) is 3.85. The van der Waals surface area contributed by atoms with E-state index in [4.69, 9.17) is 9.47 Å². The molecule has 0 unspecified atom stereocenters. The molecule has 3 aromatic rings. The number of amidine groups is 1. The smallest absolute Gasteiger partial charge is 0.286 e. The third-order valence-electron chi connectivity index (χ3n) is 5.04. The molecule has 1 amide bonds. The Bertz CT molecular complexity index is 1340. The zero-order valence-electron chi connectivity index (χ0n) is 17.3. The molecular formula is C23H19N3O5S2. The molecule has 2 heterocycles. The van der Waals surface area contributed by atoms with Gasteiger partial charge in [0.2, 0.25) is 12.7 Å². The Balaban J connectivity index is 1.36. The van der Waals surface area contributed by atoms with Crippen LogP contribution in [-0.4, -0.2) is 32.0 Å². The van der Waals surface area contributed by atoms with Gasteiger partial charge < -0.3 is 19.7 Å². The number of carbonyl (C=O) groups excluding carboxylic acids is 1. The number of anilines is 2. The summed E-state index contributed by atoms with van der Waals surface area (Å²) in [5.74, 6) is 0.877. The first kappa shape index (κ1) is 21.4. The number of amides is 1. The maximum absolute atomic E-state index is 12.8. The van der Waals surface area contributed by atoms with Crippen molar-refractivity contribution in [1.29, 1.82) is 0 Å². The Labute approximate surface area is 195 Å². The summed E-state index contributed by atoms with van der Waals surface area (Å²) in [4.78, 5) is 14.6. The molecular weight excluding hydrogens is 462 g/mol. The van der Waals surface area contributed by atoms with Crippen LogP contribution in [0.2, 0.25) is 0 Å². The number of para-hydroxylation sites is 1. The van der Waals surface area contributed by atoms with Crippen molar-refractivity contribution >= 4 is 44.2 Å². The van der Waals surface area contributed by atoms with E-state index in [0.717, 1.165) is 17.3 Å². The van der Waals surface area contributed by atoms with Gasteiger partial charge in [-0.05, 0) is 29.8 Å². The zero-order valence-corrected chi connectivity index (χ0v) is 18.9. The summed E-state index contributed by atoms with van der Waals surface area (Å²) in [6.45, 7) is 0.568. The topological polar surface area (TPSA) is 97.3 Å². The average molecular weight is 482 g/mol. The fourth-order valence-corrected chi connectivity index (χ4v) is 5.78. The molecule has 0 bridgehead atoms. The van der Waals surface area contributed by atoms with E-state index in [0.29, 0.717) is 29.4 Å². The number of nitrogens with zero attached hydrogens (tertiary/aromatic N) is 2. The van der Waals surface area contributed by atoms with E-state index in [-0.39, 0.29) is 28.5 Å². The van der Waals surface area contributed by atoms with E-state index in [2.05, 4.69) is 9.71 Å². The van der Waals surface area contributed by atoms with Gasteiger partial charge >= 0.3 is 0 Å². The molecule has 1 N–H and O–H groups in total. The standard InChI is InChI=1S/C23H19N3O5S2/c27-22(24-17-10-11-19-20(12-17)31-15-30-19)14-32-23-25-33(28,29)21-9-5-4-8-18(21)26(23)13-16-6-2-1-3-7-16/h1-12H,13-15H2,(H,24,27). The number of benzene rings is 3. The highest BCUT2D eigenvalue weighted by atomic mass is 32.2. The lowest BCUT2D eigenvalue weighted by molar-refractivity contribution is -0.113. The molecule has 2 aliphatic rings. The van der Waals surface area contributed by atoms with Crippen molar-refractivity contribution in [3.05, 3.63) is 78.4 Å². The fraction of sp³-hybridized carbons (Fsp3) is 0.130. The van der Waals surface area contributed by atoms with E-state index in [1.807, 2.05) is 35.2 Å². The van der Waals surface area contributed by atoms with Gasteiger partial charge in [-0.15, -0.1) is 4.40 Å². The summed E-state index contributed by atoms with van der Waals surface area (Å²) in [6.07, 6.45) is 0. The Morgan fingerprint density at radius 2 is 1.76 bits per heavy atom. The molecule has 0 spiro atoms. The van der Waals surface area contributed by atoms with Crippen molar-refractivity contribution in [2.24, 2.45) is 4.40 Å². The average Bonchev–Trinajstić information content (AvgIpc) is 3.28. The molecule has 0 radical (unpaired) electrons. The number of hydrogen-bond donors (Lipinski definition) is 1. The Morgan fingerprint density at radius 3 is 2.61 bits per heavy atom. The summed E-state index contributed by atoms with van der Waals surface area (Å²) in [6, 6.07) is 21.6. The first-order chi connectivity index (χ1) is 16.0. The van der Waals surface area contributed by atoms with E-state index >= 15 is 0 Å². The van der Waals surface area contributed by atoms with Crippen molar-refractivity contribution in [3.8, 4) is 11.5 Å². The Morgan fingerprint density at radius 1 is 1.00 bits per heavy atom. The normalized spacial score (nSPS) is 15.5. The lowest BCUT2D eigenvalue weighted by atomic mass is 10.2. The second-order valence-electron chi connectivity index (χ2n) is 7.29. The maximum Gasteiger partial charge on any atom is 0.286 e. The zero-order chi connectivity index (χ0) is 22.8. The lowest BCUT2D eigenvalue weighted by Crippen LogP contribution is -2.34. The summed E-state index contributed by atoms with van der Waals surface area (Å²) in [7, 11) is -3.87. The lowest BCUT2D eigenvalue weighted by Gasteiger charge is -2.30. The van der Waals surface area contributed by atoms with Gasteiger partial charge in [-0.25, -0.2) is 0 Å². The van der Waals surface area contributed by atoms with Gasteiger partial charge in [0, 0.05) is 11.8 Å². The fourth-order valence-electron chi connectivity index (χ4n) is 3.53. The van der Waals surface area contributed by atoms with Crippen LogP contribution >= 0.6 is 11.8 Å². The van der Waals surface area contributed by atoms with Gasteiger partial charge in [0.15, 0.2) is 16.7 Å². The number of fused-ring (bicyclic) bond motifs is 2. The molecule has 0 saturated heterocycles. The Hall–Kier alpha value is -3.50. The largest absolute Gasteiger partial charge is 0.454 e. The molecule has 8 nitrogen and oxygen atoms in total. The third kappa shape index (κ3) is 4.53. The molecule has 0 atom stereocenters. The molecule has 33 heavy (non-hydrogen) atoms. The van der Waals surface area contributed by atoms with Crippen LogP contribution in [-0.2, 0) is 21.4 Å². The highest BCUT2D eigenvalue weighted by Gasteiger charge is 2.31. The van der Waals surface area contributed by atoms with Gasteiger partial charge in [-0.1, -0.05) is 54.2 Å². The van der Waals surface area contributed by atoms with E-state index < -0.39 is 10.0 Å². The summed E-state index contributed by atoms with van der Waals surface area (Å²) < 4.78 is 40.2. The third-order valence-corrected chi connectivity index (χ3v) is 7.44. The monoisotopic (exact) mass is 481 g/mol. The summed E-state index contributed by atoms with van der Waals surface area (Å²) in [5, 5.41) is 3.05. The number of rotatable bonds is 5. The van der Waals surface area contributed by atoms with Crippen molar-refractivity contribution in [1.82, 2.24) is 0 Å². The maximum atomic E-state index is 12.8. The first-order valence-corrected chi connectivity index (χ1v) is 12.5. The quantitative estimate of drug-likeness (QED) is 0.591. The van der Waals surface area contributed by atoms with Gasteiger partial charge in [0.05, 0.1) is 18.0 Å². The van der Waals surface area contributed by atoms with Crippen LogP contribution in [0.15, 0.2) is 82.1 Å². The molecule has 0 saturated carbocycles. The van der Waals surface area contributed by atoms with Crippen LogP contribution in [0.25, 0.3) is 0 Å². The van der Waals surface area contributed by atoms with Gasteiger partial charge in [-0.2, -0.15) is 8.42 Å². The molecule has 2 aliphatic heterocycles. The van der Waals surface area contributed by atoms with Gasteiger partial charge in [0.1, 0.15) is 4.90 Å². The number of ether oxygens (including phenoxy) is 2. The number of sulfonamides is 1. The van der Waals surface area contributed by atoms with Crippen LogP contribution in [0.5, 0.6) is 11.5 Å². The van der Waals surface area contributed by atoms with Gasteiger partial charge in [-0.3, -0.25) is 4.79 Å². The number of hydrogen-bond acceptors (Lipinski definition) is 7. The molecule has 0 aromatic heterocycles. The highest BCUT2D eigenvalue weighted by molar-refractivity contribution is 8.15. The van der Waals surface area contributed by atoms with Gasteiger partial charge in [0.25, 0.3) is 10.0 Å². The second kappa shape index (κ2) is 8.80. The SMILES string of the molecule is O=C(CSC1=NS(=O)(=O)c2ccccc2N1Cc1ccccc1)Nc1ccc2c(c1)OCO2. The van der Waals surface area contributed by atoms with Crippen molar-refractivity contribution < 1.29 is 22.7 Å². The highest BCUT2D eigenvalue weighted by Crippen LogP contribution is 2.36. The minimum absolute atomic E-state index is 0.0176. The van der Waals surface area contributed by atoms with Crippen LogP contribution in [0.1, 0.15) is 5.56 Å². The number of nitrogens with one attached hydrogen (secondary N) is 1. The molecule has 168 valence electrons. The molecule has 3 aromatic carbocycles. The number of carbonyl (C=O) groups is 1. The van der Waals surface area contributed by atoms with Crippen LogP contribution in [0.3, 0.4) is 0 Å². The van der Waals surface area contributed by atoms with Crippen molar-refractivity contribution in [2.75, 3.05) is 22.8 Å². The molecule has 0 fully saturated rings. The number of thioether (sulfide) groups is 1. The predicted molar refractivity (Wildman–Crippen MR) is 127 cm³/mol. The van der Waals surface area contributed by atoms with Crippen LogP contribution in [0.4, 0.5) is 11.4 Å². The summed E-state index contributed by atoms with van der Waals surface area (Å²) >= 11 is 1.07. The van der Waals surface area contributed by atoms with Crippen LogP contribution in [0, 0.1) is 0 Å². The van der Waals surface area contributed by atoms with Crippen LogP contribution < -0.4 is 19.7 Å². The van der Waals surface area contributed by atoms with Crippen molar-refractivity contribution in [2.45, 2.75) is 11.4 Å². The Kier molecular flexibility index (Phi) is 5.69. The second-order valence-corrected chi connectivity index (χ2v) is 9.81. The van der Waals surface area contributed by atoms with Crippen molar-refractivity contribution in [3.63, 3.8) is 0 Å².